The standard InChI is InChI=1S/C15H21NO4S/c1-11(6-9-15(17)18)16-21(19,20)14-8-7-12-4-2-3-5-13(12)10-14/h7-8,10-11,16H,2-6,9H2,1H3,(H,17,18). The van der Waals surface area contributed by atoms with Crippen LogP contribution in [-0.4, -0.2) is 25.5 Å². The Morgan fingerprint density at radius 3 is 2.62 bits per heavy atom. The van der Waals surface area contributed by atoms with Crippen molar-refractivity contribution in [3.8, 4) is 0 Å². The van der Waals surface area contributed by atoms with Crippen molar-refractivity contribution in [2.45, 2.75) is 56.4 Å². The lowest BCUT2D eigenvalue weighted by Gasteiger charge is -2.18. The summed E-state index contributed by atoms with van der Waals surface area (Å²) in [6, 6.07) is 4.88. The number of carbonyl (C=O) groups is 1. The number of hydrogen-bond donors (Lipinski definition) is 2. The molecule has 1 aliphatic rings. The molecule has 0 aromatic heterocycles. The smallest absolute Gasteiger partial charge is 0.303 e. The van der Waals surface area contributed by atoms with E-state index in [1.807, 2.05) is 6.07 Å². The van der Waals surface area contributed by atoms with Crippen molar-refractivity contribution in [3.63, 3.8) is 0 Å². The Kier molecular flexibility index (Phi) is 5.00. The van der Waals surface area contributed by atoms with Crippen LogP contribution in [0, 0.1) is 0 Å². The topological polar surface area (TPSA) is 83.5 Å². The molecule has 0 bridgehead atoms. The lowest BCUT2D eigenvalue weighted by atomic mass is 9.92. The Morgan fingerprint density at radius 1 is 1.29 bits per heavy atom. The van der Waals surface area contributed by atoms with E-state index >= 15 is 0 Å². The molecule has 1 aromatic carbocycles. The van der Waals surface area contributed by atoms with Crippen LogP contribution >= 0.6 is 0 Å². The third-order valence-corrected chi connectivity index (χ3v) is 5.37. The lowest BCUT2D eigenvalue weighted by molar-refractivity contribution is -0.137. The third-order valence-electron chi connectivity index (χ3n) is 3.78. The minimum Gasteiger partial charge on any atom is -0.481 e. The molecule has 5 nitrogen and oxygen atoms in total. The number of sulfonamides is 1. The Bertz CT molecular complexity index is 625. The van der Waals surface area contributed by atoms with Gasteiger partial charge in [-0.1, -0.05) is 6.07 Å². The van der Waals surface area contributed by atoms with Gasteiger partial charge in [0.05, 0.1) is 4.90 Å². The Balaban J connectivity index is 2.10. The largest absolute Gasteiger partial charge is 0.481 e. The molecular formula is C15H21NO4S. The third kappa shape index (κ3) is 4.28. The summed E-state index contributed by atoms with van der Waals surface area (Å²) in [6.07, 6.45) is 4.42. The number of fused-ring (bicyclic) bond motifs is 1. The van der Waals surface area contributed by atoms with Gasteiger partial charge in [-0.05, 0) is 62.3 Å². The summed E-state index contributed by atoms with van der Waals surface area (Å²) in [5.74, 6) is -0.921. The van der Waals surface area contributed by atoms with Gasteiger partial charge in [0.25, 0.3) is 0 Å². The van der Waals surface area contributed by atoms with Crippen molar-refractivity contribution >= 4 is 16.0 Å². The van der Waals surface area contributed by atoms with Gasteiger partial charge in [-0.15, -0.1) is 0 Å². The predicted octanol–water partition coefficient (Wildman–Crippen LogP) is 2.10. The van der Waals surface area contributed by atoms with E-state index in [-0.39, 0.29) is 17.7 Å². The average molecular weight is 311 g/mol. The predicted molar refractivity (Wildman–Crippen MR) is 79.7 cm³/mol. The molecule has 1 atom stereocenters. The summed E-state index contributed by atoms with van der Waals surface area (Å²) in [6.45, 7) is 1.68. The second-order valence-electron chi connectivity index (χ2n) is 5.59. The maximum absolute atomic E-state index is 12.3. The number of aryl methyl sites for hydroxylation is 2. The van der Waals surface area contributed by atoms with E-state index in [4.69, 9.17) is 5.11 Å². The number of nitrogens with one attached hydrogen (secondary N) is 1. The van der Waals surface area contributed by atoms with Gasteiger partial charge in [-0.25, -0.2) is 13.1 Å². The number of carboxylic acid groups (broad SMARTS) is 1. The van der Waals surface area contributed by atoms with Gasteiger partial charge < -0.3 is 5.11 Å². The lowest BCUT2D eigenvalue weighted by Crippen LogP contribution is -2.33. The molecule has 1 unspecified atom stereocenters. The van der Waals surface area contributed by atoms with Crippen LogP contribution in [-0.2, 0) is 27.7 Å². The molecule has 0 amide bonds. The van der Waals surface area contributed by atoms with Crippen molar-refractivity contribution in [2.24, 2.45) is 0 Å². The average Bonchev–Trinajstić information content (AvgIpc) is 2.44. The van der Waals surface area contributed by atoms with E-state index in [1.54, 1.807) is 19.1 Å². The second kappa shape index (κ2) is 6.58. The maximum atomic E-state index is 12.3. The minimum absolute atomic E-state index is 0.0477. The van der Waals surface area contributed by atoms with E-state index in [2.05, 4.69) is 4.72 Å². The van der Waals surface area contributed by atoms with Crippen LogP contribution in [0.4, 0.5) is 0 Å². The molecule has 0 saturated heterocycles. The van der Waals surface area contributed by atoms with Crippen molar-refractivity contribution in [3.05, 3.63) is 29.3 Å². The fourth-order valence-electron chi connectivity index (χ4n) is 2.61. The Hall–Kier alpha value is -1.40. The van der Waals surface area contributed by atoms with Gasteiger partial charge >= 0.3 is 5.97 Å². The van der Waals surface area contributed by atoms with Gasteiger partial charge in [-0.3, -0.25) is 4.79 Å². The quantitative estimate of drug-likeness (QED) is 0.842. The van der Waals surface area contributed by atoms with Crippen molar-refractivity contribution < 1.29 is 18.3 Å². The molecular weight excluding hydrogens is 290 g/mol. The zero-order valence-corrected chi connectivity index (χ0v) is 12.9. The first-order valence-electron chi connectivity index (χ1n) is 7.24. The fraction of sp³-hybridized carbons (Fsp3) is 0.533. The highest BCUT2D eigenvalue weighted by molar-refractivity contribution is 7.89. The highest BCUT2D eigenvalue weighted by Crippen LogP contribution is 2.24. The number of hydrogen-bond acceptors (Lipinski definition) is 3. The summed E-state index contributed by atoms with van der Waals surface area (Å²) in [7, 11) is -3.58. The first-order chi connectivity index (χ1) is 9.88. The minimum atomic E-state index is -3.58. The van der Waals surface area contributed by atoms with Gasteiger partial charge in [0, 0.05) is 12.5 Å². The molecule has 0 saturated carbocycles. The van der Waals surface area contributed by atoms with Gasteiger partial charge in [0.1, 0.15) is 0 Å². The molecule has 0 heterocycles. The number of rotatable bonds is 6. The molecule has 0 radical (unpaired) electrons. The number of aliphatic carboxylic acids is 1. The highest BCUT2D eigenvalue weighted by Gasteiger charge is 2.20. The summed E-state index contributed by atoms with van der Waals surface area (Å²) in [4.78, 5) is 10.8. The zero-order valence-electron chi connectivity index (χ0n) is 12.1. The Labute approximate surface area is 125 Å². The SMILES string of the molecule is CC(CCC(=O)O)NS(=O)(=O)c1ccc2c(c1)CCCC2. The van der Waals surface area contributed by atoms with Gasteiger partial charge in [0.2, 0.25) is 10.0 Å². The van der Waals surface area contributed by atoms with Crippen LogP contribution in [0.3, 0.4) is 0 Å². The van der Waals surface area contributed by atoms with Crippen molar-refractivity contribution in [2.75, 3.05) is 0 Å². The molecule has 0 fully saturated rings. The van der Waals surface area contributed by atoms with Gasteiger partial charge in [0.15, 0.2) is 0 Å². The monoisotopic (exact) mass is 311 g/mol. The molecule has 0 aliphatic heterocycles. The van der Waals surface area contributed by atoms with E-state index < -0.39 is 22.0 Å². The molecule has 0 spiro atoms. The summed E-state index contributed by atoms with van der Waals surface area (Å²) >= 11 is 0. The fourth-order valence-corrected chi connectivity index (χ4v) is 3.94. The maximum Gasteiger partial charge on any atom is 0.303 e. The van der Waals surface area contributed by atoms with Crippen LogP contribution in [0.5, 0.6) is 0 Å². The van der Waals surface area contributed by atoms with Gasteiger partial charge in [-0.2, -0.15) is 0 Å². The van der Waals surface area contributed by atoms with Crippen LogP contribution in [0.25, 0.3) is 0 Å². The van der Waals surface area contributed by atoms with Crippen LogP contribution in [0.15, 0.2) is 23.1 Å². The van der Waals surface area contributed by atoms with Crippen LogP contribution in [0.2, 0.25) is 0 Å². The summed E-state index contributed by atoms with van der Waals surface area (Å²) in [5, 5.41) is 8.63. The first kappa shape index (κ1) is 16.0. The van der Waals surface area contributed by atoms with Crippen molar-refractivity contribution in [1.82, 2.24) is 4.72 Å². The van der Waals surface area contributed by atoms with Crippen LogP contribution in [0.1, 0.15) is 43.7 Å². The van der Waals surface area contributed by atoms with E-state index in [0.29, 0.717) is 0 Å². The molecule has 2 rings (SSSR count). The molecule has 1 aliphatic carbocycles. The summed E-state index contributed by atoms with van der Waals surface area (Å²) < 4.78 is 27.2. The first-order valence-corrected chi connectivity index (χ1v) is 8.73. The zero-order chi connectivity index (χ0) is 15.5. The molecule has 116 valence electrons. The van der Waals surface area contributed by atoms with Crippen molar-refractivity contribution in [1.29, 1.82) is 0 Å². The van der Waals surface area contributed by atoms with E-state index in [0.717, 1.165) is 31.2 Å². The molecule has 21 heavy (non-hydrogen) atoms. The number of carboxylic acids is 1. The van der Waals surface area contributed by atoms with E-state index in [1.165, 1.54) is 5.56 Å². The second-order valence-corrected chi connectivity index (χ2v) is 7.31. The molecule has 1 aromatic rings. The normalized spacial score (nSPS) is 16.2. The Morgan fingerprint density at radius 2 is 1.95 bits per heavy atom. The number of benzene rings is 1. The van der Waals surface area contributed by atoms with Crippen LogP contribution < -0.4 is 4.72 Å². The summed E-state index contributed by atoms with van der Waals surface area (Å²) in [5.41, 5.74) is 2.35. The molecule has 2 N–H and O–H groups in total. The van der Waals surface area contributed by atoms with E-state index in [9.17, 15) is 13.2 Å². The highest BCUT2D eigenvalue weighted by atomic mass is 32.2. The molecule has 6 heteroatoms.